The number of nitrogens with one attached hydrogen (secondary N) is 1. The number of piperidine rings is 1. The predicted octanol–water partition coefficient (Wildman–Crippen LogP) is 3.05. The van der Waals surface area contributed by atoms with Crippen molar-refractivity contribution in [3.63, 3.8) is 0 Å². The van der Waals surface area contributed by atoms with E-state index in [2.05, 4.69) is 41.2 Å². The van der Waals surface area contributed by atoms with E-state index in [-0.39, 0.29) is 41.3 Å². The van der Waals surface area contributed by atoms with Gasteiger partial charge in [0.05, 0.1) is 20.1 Å². The van der Waals surface area contributed by atoms with E-state index in [4.69, 9.17) is 9.47 Å². The van der Waals surface area contributed by atoms with E-state index in [1.807, 2.05) is 12.1 Å². The van der Waals surface area contributed by atoms with Gasteiger partial charge < -0.3 is 19.7 Å². The quantitative estimate of drug-likeness (QED) is 0.298. The number of hydrogen-bond acceptors (Lipinski definition) is 4. The molecular weight excluding hydrogens is 457 g/mol. The number of nitrogens with zero attached hydrogens (tertiary/aromatic N) is 2. The van der Waals surface area contributed by atoms with Gasteiger partial charge >= 0.3 is 5.97 Å². The van der Waals surface area contributed by atoms with Crippen LogP contribution in [-0.2, 0) is 14.9 Å². The molecule has 0 amide bonds. The van der Waals surface area contributed by atoms with Gasteiger partial charge in [0.2, 0.25) is 0 Å². The van der Waals surface area contributed by atoms with Crippen molar-refractivity contribution in [2.75, 3.05) is 40.9 Å². The SMILES string of the molecule is CN=C(NCC(C)(C)c1cccc(OC)c1)N1CCC(C(=O)OC)CC1.I. The van der Waals surface area contributed by atoms with Crippen LogP contribution < -0.4 is 10.1 Å². The molecule has 1 aromatic rings. The Hall–Kier alpha value is -1.51. The lowest BCUT2D eigenvalue weighted by atomic mass is 9.84. The summed E-state index contributed by atoms with van der Waals surface area (Å²) in [4.78, 5) is 18.3. The highest BCUT2D eigenvalue weighted by Gasteiger charge is 2.28. The molecule has 0 spiro atoms. The van der Waals surface area contributed by atoms with E-state index < -0.39 is 0 Å². The maximum absolute atomic E-state index is 11.7. The van der Waals surface area contributed by atoms with Crippen LogP contribution in [0, 0.1) is 5.92 Å². The van der Waals surface area contributed by atoms with Gasteiger partial charge in [-0.3, -0.25) is 9.79 Å². The van der Waals surface area contributed by atoms with Crippen molar-refractivity contribution in [2.45, 2.75) is 32.1 Å². The van der Waals surface area contributed by atoms with E-state index in [9.17, 15) is 4.79 Å². The fourth-order valence-electron chi connectivity index (χ4n) is 3.27. The number of ether oxygens (including phenoxy) is 2. The van der Waals surface area contributed by atoms with Crippen LogP contribution in [0.3, 0.4) is 0 Å². The first-order valence-corrected chi connectivity index (χ1v) is 9.09. The first kappa shape index (κ1) is 23.5. The van der Waals surface area contributed by atoms with Gasteiger partial charge in [0, 0.05) is 32.1 Å². The van der Waals surface area contributed by atoms with Crippen LogP contribution in [-0.4, -0.2) is 57.7 Å². The summed E-state index contributed by atoms with van der Waals surface area (Å²) in [6.07, 6.45) is 1.60. The van der Waals surface area contributed by atoms with Crippen LogP contribution in [0.25, 0.3) is 0 Å². The predicted molar refractivity (Wildman–Crippen MR) is 119 cm³/mol. The number of guanidine groups is 1. The Morgan fingerprint density at radius 2 is 1.96 bits per heavy atom. The summed E-state index contributed by atoms with van der Waals surface area (Å²) in [6.45, 7) is 6.76. The largest absolute Gasteiger partial charge is 0.497 e. The number of carbonyl (C=O) groups is 1. The molecule has 1 fully saturated rings. The molecule has 6 nitrogen and oxygen atoms in total. The maximum atomic E-state index is 11.7. The lowest BCUT2D eigenvalue weighted by Crippen LogP contribution is -2.49. The molecule has 152 valence electrons. The van der Waals surface area contributed by atoms with E-state index in [0.29, 0.717) is 0 Å². The normalized spacial score (nSPS) is 15.7. The van der Waals surface area contributed by atoms with Crippen LogP contribution in [0.2, 0.25) is 0 Å². The highest BCUT2D eigenvalue weighted by Crippen LogP contribution is 2.26. The summed E-state index contributed by atoms with van der Waals surface area (Å²) in [7, 11) is 4.94. The molecule has 1 aliphatic rings. The van der Waals surface area contributed by atoms with Gasteiger partial charge in [0.25, 0.3) is 0 Å². The summed E-state index contributed by atoms with van der Waals surface area (Å²) in [6, 6.07) is 8.17. The third-order valence-electron chi connectivity index (χ3n) is 5.08. The number of esters is 1. The topological polar surface area (TPSA) is 63.2 Å². The van der Waals surface area contributed by atoms with Crippen molar-refractivity contribution < 1.29 is 14.3 Å². The molecule has 1 aliphatic heterocycles. The van der Waals surface area contributed by atoms with Crippen molar-refractivity contribution in [1.29, 1.82) is 0 Å². The van der Waals surface area contributed by atoms with E-state index in [1.54, 1.807) is 14.2 Å². The second kappa shape index (κ2) is 10.7. The number of halogens is 1. The van der Waals surface area contributed by atoms with Gasteiger partial charge in [0.15, 0.2) is 5.96 Å². The summed E-state index contributed by atoms with van der Waals surface area (Å²) >= 11 is 0. The van der Waals surface area contributed by atoms with Gasteiger partial charge in [-0.1, -0.05) is 26.0 Å². The van der Waals surface area contributed by atoms with Crippen molar-refractivity contribution in [1.82, 2.24) is 10.2 Å². The van der Waals surface area contributed by atoms with Crippen LogP contribution in [0.1, 0.15) is 32.3 Å². The van der Waals surface area contributed by atoms with Gasteiger partial charge in [-0.05, 0) is 30.5 Å². The summed E-state index contributed by atoms with van der Waals surface area (Å²) in [5, 5.41) is 3.49. The summed E-state index contributed by atoms with van der Waals surface area (Å²) in [5.74, 6) is 1.64. The van der Waals surface area contributed by atoms with Gasteiger partial charge in [-0.15, -0.1) is 24.0 Å². The average molecular weight is 489 g/mol. The fraction of sp³-hybridized carbons (Fsp3) is 0.600. The molecule has 0 aliphatic carbocycles. The maximum Gasteiger partial charge on any atom is 0.308 e. The Morgan fingerprint density at radius 3 is 2.52 bits per heavy atom. The van der Waals surface area contributed by atoms with Crippen LogP contribution >= 0.6 is 24.0 Å². The summed E-state index contributed by atoms with van der Waals surface area (Å²) in [5.41, 5.74) is 1.14. The number of hydrogen-bond donors (Lipinski definition) is 1. The van der Waals surface area contributed by atoms with Crippen molar-refractivity contribution in [2.24, 2.45) is 10.9 Å². The Kier molecular flexibility index (Phi) is 9.35. The highest BCUT2D eigenvalue weighted by molar-refractivity contribution is 14.0. The molecule has 1 saturated heterocycles. The van der Waals surface area contributed by atoms with Gasteiger partial charge in [0.1, 0.15) is 5.75 Å². The number of carbonyl (C=O) groups excluding carboxylic acids is 1. The van der Waals surface area contributed by atoms with E-state index >= 15 is 0 Å². The van der Waals surface area contributed by atoms with Crippen molar-refractivity contribution in [3.8, 4) is 5.75 Å². The van der Waals surface area contributed by atoms with Gasteiger partial charge in [-0.25, -0.2) is 0 Å². The molecule has 1 N–H and O–H groups in total. The molecule has 1 aromatic carbocycles. The first-order chi connectivity index (χ1) is 12.4. The molecule has 27 heavy (non-hydrogen) atoms. The lowest BCUT2D eigenvalue weighted by Gasteiger charge is -2.35. The number of likely N-dealkylation sites (tertiary alicyclic amines) is 1. The molecule has 0 radical (unpaired) electrons. The van der Waals surface area contributed by atoms with E-state index in [1.165, 1.54) is 12.7 Å². The lowest BCUT2D eigenvalue weighted by molar-refractivity contribution is -0.146. The highest BCUT2D eigenvalue weighted by atomic mass is 127. The molecule has 0 saturated carbocycles. The Balaban J connectivity index is 0.00000364. The number of benzene rings is 1. The minimum Gasteiger partial charge on any atom is -0.497 e. The zero-order valence-electron chi connectivity index (χ0n) is 16.9. The number of methoxy groups -OCH3 is 2. The molecular formula is C20H32IN3O3. The second-order valence-electron chi connectivity index (χ2n) is 7.30. The fourth-order valence-corrected chi connectivity index (χ4v) is 3.27. The molecule has 2 rings (SSSR count). The standard InChI is InChI=1S/C20H31N3O3.HI/c1-20(2,16-7-6-8-17(13-16)25-4)14-22-19(21-3)23-11-9-15(10-12-23)18(24)26-5;/h6-8,13,15H,9-12,14H2,1-5H3,(H,21,22);1H. The second-order valence-corrected chi connectivity index (χ2v) is 7.30. The van der Waals surface area contributed by atoms with Crippen molar-refractivity contribution in [3.05, 3.63) is 29.8 Å². The van der Waals surface area contributed by atoms with Crippen molar-refractivity contribution >= 4 is 35.9 Å². The summed E-state index contributed by atoms with van der Waals surface area (Å²) < 4.78 is 10.2. The molecule has 1 heterocycles. The zero-order valence-corrected chi connectivity index (χ0v) is 19.3. The molecule has 0 aromatic heterocycles. The molecule has 0 unspecified atom stereocenters. The monoisotopic (exact) mass is 489 g/mol. The third kappa shape index (κ3) is 6.26. The van der Waals surface area contributed by atoms with Gasteiger partial charge in [-0.2, -0.15) is 0 Å². The number of rotatable bonds is 5. The third-order valence-corrected chi connectivity index (χ3v) is 5.08. The Morgan fingerprint density at radius 1 is 1.30 bits per heavy atom. The van der Waals surface area contributed by atoms with Crippen LogP contribution in [0.15, 0.2) is 29.3 Å². The Labute approximate surface area is 179 Å². The molecule has 0 atom stereocenters. The van der Waals surface area contributed by atoms with Crippen LogP contribution in [0.4, 0.5) is 0 Å². The first-order valence-electron chi connectivity index (χ1n) is 9.09. The average Bonchev–Trinajstić information content (AvgIpc) is 2.68. The molecule has 0 bridgehead atoms. The smallest absolute Gasteiger partial charge is 0.308 e. The zero-order chi connectivity index (χ0) is 19.2. The minimum atomic E-state index is -0.105. The van der Waals surface area contributed by atoms with E-state index in [0.717, 1.165) is 44.2 Å². The minimum absolute atomic E-state index is 0. The number of aliphatic imine (C=N–C) groups is 1. The van der Waals surface area contributed by atoms with Crippen LogP contribution in [0.5, 0.6) is 5.75 Å². The molecule has 7 heteroatoms. The Bertz CT molecular complexity index is 641.